The predicted octanol–water partition coefficient (Wildman–Crippen LogP) is 2.37. The molecule has 0 aromatic heterocycles. The maximum absolute atomic E-state index is 5.66. The molecule has 2 unspecified atom stereocenters. The number of likely N-dealkylation sites (tertiary alicyclic amines) is 1. The standard InChI is InChI=1S/C20H32N4O/c1-4-21-19(24-12-10-20(15-24)11-13-25-16-20)22-14-18(23(2)3)17-8-6-5-7-9-17/h5-9,18H,4,10-16H2,1-3H3,(H,21,22). The number of ether oxygens (including phenoxy) is 1. The maximum atomic E-state index is 5.66. The van der Waals surface area contributed by atoms with Crippen molar-refractivity contribution >= 4 is 5.96 Å². The molecule has 1 spiro atoms. The topological polar surface area (TPSA) is 40.1 Å². The van der Waals surface area contributed by atoms with Crippen LogP contribution in [0.15, 0.2) is 35.3 Å². The molecule has 1 aromatic rings. The van der Waals surface area contributed by atoms with Crippen molar-refractivity contribution in [2.45, 2.75) is 25.8 Å². The zero-order valence-electron chi connectivity index (χ0n) is 15.9. The first kappa shape index (κ1) is 18.2. The van der Waals surface area contributed by atoms with E-state index in [-0.39, 0.29) is 0 Å². The summed E-state index contributed by atoms with van der Waals surface area (Å²) in [5, 5.41) is 3.49. The smallest absolute Gasteiger partial charge is 0.194 e. The quantitative estimate of drug-likeness (QED) is 0.658. The monoisotopic (exact) mass is 344 g/mol. The Bertz CT molecular complexity index is 566. The van der Waals surface area contributed by atoms with E-state index in [9.17, 15) is 0 Å². The van der Waals surface area contributed by atoms with Gasteiger partial charge in [-0.3, -0.25) is 4.99 Å². The van der Waals surface area contributed by atoms with Crippen LogP contribution in [-0.2, 0) is 4.74 Å². The van der Waals surface area contributed by atoms with Gasteiger partial charge in [-0.2, -0.15) is 0 Å². The van der Waals surface area contributed by atoms with Crippen LogP contribution in [0.25, 0.3) is 0 Å². The van der Waals surface area contributed by atoms with Crippen molar-refractivity contribution in [2.75, 3.05) is 53.5 Å². The summed E-state index contributed by atoms with van der Waals surface area (Å²) in [6.45, 7) is 7.77. The molecule has 2 saturated heterocycles. The van der Waals surface area contributed by atoms with Gasteiger partial charge in [-0.25, -0.2) is 0 Å². The molecular weight excluding hydrogens is 312 g/mol. The molecule has 2 heterocycles. The minimum absolute atomic E-state index is 0.293. The lowest BCUT2D eigenvalue weighted by Gasteiger charge is -2.27. The average Bonchev–Trinajstić information content (AvgIpc) is 3.25. The molecule has 5 heteroatoms. The summed E-state index contributed by atoms with van der Waals surface area (Å²) in [6.07, 6.45) is 2.40. The largest absolute Gasteiger partial charge is 0.381 e. The van der Waals surface area contributed by atoms with E-state index in [1.165, 1.54) is 18.4 Å². The Morgan fingerprint density at radius 1 is 1.32 bits per heavy atom. The molecule has 0 aliphatic carbocycles. The van der Waals surface area contributed by atoms with Gasteiger partial charge in [0.25, 0.3) is 0 Å². The molecule has 138 valence electrons. The first-order valence-electron chi connectivity index (χ1n) is 9.46. The van der Waals surface area contributed by atoms with Gasteiger partial charge in [-0.05, 0) is 39.4 Å². The van der Waals surface area contributed by atoms with Gasteiger partial charge >= 0.3 is 0 Å². The highest BCUT2D eigenvalue weighted by Crippen LogP contribution is 2.38. The van der Waals surface area contributed by atoms with Gasteiger partial charge in [-0.1, -0.05) is 30.3 Å². The molecule has 25 heavy (non-hydrogen) atoms. The van der Waals surface area contributed by atoms with Crippen molar-refractivity contribution in [2.24, 2.45) is 10.4 Å². The third-order valence-electron chi connectivity index (χ3n) is 5.48. The number of hydrogen-bond donors (Lipinski definition) is 1. The zero-order chi connectivity index (χ0) is 17.7. The molecule has 0 amide bonds. The minimum Gasteiger partial charge on any atom is -0.381 e. The highest BCUT2D eigenvalue weighted by atomic mass is 16.5. The van der Waals surface area contributed by atoms with Crippen LogP contribution >= 0.6 is 0 Å². The summed E-state index contributed by atoms with van der Waals surface area (Å²) in [5.41, 5.74) is 1.67. The first-order chi connectivity index (χ1) is 12.1. The lowest BCUT2D eigenvalue weighted by molar-refractivity contribution is 0.156. The summed E-state index contributed by atoms with van der Waals surface area (Å²) in [5.74, 6) is 1.05. The number of aliphatic imine (C=N–C) groups is 1. The van der Waals surface area contributed by atoms with Crippen molar-refractivity contribution in [3.8, 4) is 0 Å². The Labute approximate surface area is 152 Å². The SMILES string of the molecule is CCNC(=NCC(c1ccccc1)N(C)C)N1CCC2(CCOC2)C1. The molecular formula is C20H32N4O. The lowest BCUT2D eigenvalue weighted by Crippen LogP contribution is -2.42. The molecule has 2 aliphatic rings. The Morgan fingerprint density at radius 3 is 2.76 bits per heavy atom. The van der Waals surface area contributed by atoms with Gasteiger partial charge < -0.3 is 19.9 Å². The summed E-state index contributed by atoms with van der Waals surface area (Å²) in [4.78, 5) is 9.67. The summed E-state index contributed by atoms with van der Waals surface area (Å²) >= 11 is 0. The van der Waals surface area contributed by atoms with Gasteiger partial charge in [-0.15, -0.1) is 0 Å². The Hall–Kier alpha value is -1.59. The fourth-order valence-electron chi connectivity index (χ4n) is 3.93. The van der Waals surface area contributed by atoms with E-state index in [0.717, 1.165) is 45.4 Å². The van der Waals surface area contributed by atoms with Crippen LogP contribution in [0.5, 0.6) is 0 Å². The van der Waals surface area contributed by atoms with Crippen molar-refractivity contribution in [1.29, 1.82) is 0 Å². The van der Waals surface area contributed by atoms with E-state index < -0.39 is 0 Å². The number of nitrogens with zero attached hydrogens (tertiary/aromatic N) is 3. The molecule has 3 rings (SSSR count). The summed E-state index contributed by atoms with van der Waals surface area (Å²) in [7, 11) is 4.25. The molecule has 1 N–H and O–H groups in total. The molecule has 0 saturated carbocycles. The number of hydrogen-bond acceptors (Lipinski definition) is 3. The molecule has 0 radical (unpaired) electrons. The van der Waals surface area contributed by atoms with Crippen molar-refractivity contribution in [3.63, 3.8) is 0 Å². The molecule has 1 aromatic carbocycles. The van der Waals surface area contributed by atoms with Crippen LogP contribution in [0, 0.1) is 5.41 Å². The maximum Gasteiger partial charge on any atom is 0.194 e. The van der Waals surface area contributed by atoms with Crippen molar-refractivity contribution in [3.05, 3.63) is 35.9 Å². The molecule has 5 nitrogen and oxygen atoms in total. The van der Waals surface area contributed by atoms with Crippen LogP contribution in [0.3, 0.4) is 0 Å². The molecule has 2 fully saturated rings. The average molecular weight is 345 g/mol. The number of guanidine groups is 1. The molecule has 2 atom stereocenters. The van der Waals surface area contributed by atoms with Crippen LogP contribution in [0.1, 0.15) is 31.4 Å². The van der Waals surface area contributed by atoms with E-state index in [0.29, 0.717) is 11.5 Å². The third-order valence-corrected chi connectivity index (χ3v) is 5.48. The summed E-state index contributed by atoms with van der Waals surface area (Å²) < 4.78 is 5.66. The number of benzene rings is 1. The van der Waals surface area contributed by atoms with E-state index in [2.05, 4.69) is 66.5 Å². The number of rotatable bonds is 5. The fourth-order valence-corrected chi connectivity index (χ4v) is 3.93. The Morgan fingerprint density at radius 2 is 2.12 bits per heavy atom. The fraction of sp³-hybridized carbons (Fsp3) is 0.650. The predicted molar refractivity (Wildman–Crippen MR) is 103 cm³/mol. The van der Waals surface area contributed by atoms with Gasteiger partial charge in [0.05, 0.1) is 19.2 Å². The second-order valence-corrected chi connectivity index (χ2v) is 7.56. The highest BCUT2D eigenvalue weighted by Gasteiger charge is 2.42. The number of nitrogens with one attached hydrogen (secondary N) is 1. The Balaban J connectivity index is 1.71. The van der Waals surface area contributed by atoms with Crippen LogP contribution in [0.4, 0.5) is 0 Å². The third kappa shape index (κ3) is 4.33. The highest BCUT2D eigenvalue weighted by molar-refractivity contribution is 5.80. The summed E-state index contributed by atoms with van der Waals surface area (Å²) in [6, 6.07) is 10.9. The minimum atomic E-state index is 0.293. The molecule has 0 bridgehead atoms. The van der Waals surface area contributed by atoms with Gasteiger partial charge in [0.1, 0.15) is 0 Å². The van der Waals surface area contributed by atoms with Crippen LogP contribution in [0.2, 0.25) is 0 Å². The van der Waals surface area contributed by atoms with Crippen molar-refractivity contribution in [1.82, 2.24) is 15.1 Å². The van der Waals surface area contributed by atoms with E-state index >= 15 is 0 Å². The van der Waals surface area contributed by atoms with Gasteiger partial charge in [0.15, 0.2) is 5.96 Å². The lowest BCUT2D eigenvalue weighted by atomic mass is 9.87. The van der Waals surface area contributed by atoms with Crippen LogP contribution < -0.4 is 5.32 Å². The van der Waals surface area contributed by atoms with E-state index in [4.69, 9.17) is 9.73 Å². The normalized spacial score (nSPS) is 25.1. The zero-order valence-corrected chi connectivity index (χ0v) is 15.9. The number of likely N-dealkylation sites (N-methyl/N-ethyl adjacent to an activating group) is 1. The Kier molecular flexibility index (Phi) is 5.97. The second-order valence-electron chi connectivity index (χ2n) is 7.56. The van der Waals surface area contributed by atoms with Gasteiger partial charge in [0, 0.05) is 31.7 Å². The van der Waals surface area contributed by atoms with Crippen LogP contribution in [-0.4, -0.2) is 69.2 Å². The van der Waals surface area contributed by atoms with E-state index in [1.807, 2.05) is 0 Å². The first-order valence-corrected chi connectivity index (χ1v) is 9.46. The molecule has 2 aliphatic heterocycles. The van der Waals surface area contributed by atoms with E-state index in [1.54, 1.807) is 0 Å². The van der Waals surface area contributed by atoms with Gasteiger partial charge in [0.2, 0.25) is 0 Å². The van der Waals surface area contributed by atoms with Crippen molar-refractivity contribution < 1.29 is 4.74 Å². The second kappa shape index (κ2) is 8.19.